The van der Waals surface area contributed by atoms with Crippen molar-refractivity contribution in [1.82, 2.24) is 10.2 Å². The van der Waals surface area contributed by atoms with E-state index in [0.29, 0.717) is 6.54 Å². The first-order valence-corrected chi connectivity index (χ1v) is 7.89. The Morgan fingerprint density at radius 2 is 1.86 bits per heavy atom. The number of carbonyl (C=O) groups is 1. The fourth-order valence-corrected chi connectivity index (χ4v) is 2.52. The van der Waals surface area contributed by atoms with Crippen molar-refractivity contribution in [2.45, 2.75) is 6.92 Å². The summed E-state index contributed by atoms with van der Waals surface area (Å²) in [6.07, 6.45) is 7.07. The fraction of sp³-hybridized carbons (Fsp3) is 0.389. The minimum Gasteiger partial charge on any atom is -0.369 e. The number of anilines is 1. The second kappa shape index (κ2) is 9.05. The van der Waals surface area contributed by atoms with Gasteiger partial charge in [-0.1, -0.05) is 36.4 Å². The first-order valence-electron chi connectivity index (χ1n) is 7.89. The molecular weight excluding hydrogens is 274 g/mol. The van der Waals surface area contributed by atoms with Crippen molar-refractivity contribution in [1.29, 1.82) is 0 Å². The molecule has 1 fully saturated rings. The molecule has 2 rings (SSSR count). The van der Waals surface area contributed by atoms with Crippen LogP contribution >= 0.6 is 0 Å². The van der Waals surface area contributed by atoms with Gasteiger partial charge in [0.1, 0.15) is 0 Å². The van der Waals surface area contributed by atoms with E-state index in [1.54, 1.807) is 12.2 Å². The van der Waals surface area contributed by atoms with Crippen LogP contribution in [0.1, 0.15) is 6.92 Å². The Morgan fingerprint density at radius 3 is 2.55 bits per heavy atom. The van der Waals surface area contributed by atoms with Gasteiger partial charge in [0.25, 0.3) is 0 Å². The first kappa shape index (κ1) is 16.3. The summed E-state index contributed by atoms with van der Waals surface area (Å²) in [5.41, 5.74) is 1.30. The molecule has 0 aromatic heterocycles. The molecule has 0 spiro atoms. The molecule has 1 aromatic carbocycles. The van der Waals surface area contributed by atoms with E-state index in [1.165, 1.54) is 5.69 Å². The molecule has 1 aromatic rings. The van der Waals surface area contributed by atoms with Crippen LogP contribution in [-0.4, -0.2) is 50.1 Å². The van der Waals surface area contributed by atoms with Gasteiger partial charge in [-0.2, -0.15) is 0 Å². The zero-order chi connectivity index (χ0) is 15.6. The van der Waals surface area contributed by atoms with E-state index < -0.39 is 0 Å². The van der Waals surface area contributed by atoms with E-state index in [0.717, 1.165) is 32.7 Å². The lowest BCUT2D eigenvalue weighted by atomic mass is 10.2. The van der Waals surface area contributed by atoms with Crippen molar-refractivity contribution in [2.75, 3.05) is 44.2 Å². The third-order valence-electron chi connectivity index (χ3n) is 3.77. The highest BCUT2D eigenvalue weighted by Crippen LogP contribution is 2.15. The Hall–Kier alpha value is -2.07. The van der Waals surface area contributed by atoms with Crippen molar-refractivity contribution in [3.05, 3.63) is 54.6 Å². The number of nitrogens with one attached hydrogen (secondary N) is 1. The number of hydrogen-bond donors (Lipinski definition) is 1. The molecule has 22 heavy (non-hydrogen) atoms. The molecule has 0 bridgehead atoms. The summed E-state index contributed by atoms with van der Waals surface area (Å²) in [5.74, 6) is -0.0268. The Bertz CT molecular complexity index is 502. The minimum absolute atomic E-state index is 0.0268. The van der Waals surface area contributed by atoms with E-state index in [1.807, 2.05) is 25.1 Å². The Morgan fingerprint density at radius 1 is 1.14 bits per heavy atom. The van der Waals surface area contributed by atoms with Crippen LogP contribution in [0.25, 0.3) is 0 Å². The third-order valence-corrected chi connectivity index (χ3v) is 3.77. The average Bonchev–Trinajstić information content (AvgIpc) is 2.57. The number of hydrogen-bond acceptors (Lipinski definition) is 3. The van der Waals surface area contributed by atoms with Gasteiger partial charge in [0.2, 0.25) is 5.91 Å². The van der Waals surface area contributed by atoms with E-state index >= 15 is 0 Å². The molecule has 0 saturated carbocycles. The maximum atomic E-state index is 11.5. The van der Waals surface area contributed by atoms with Crippen LogP contribution in [0.5, 0.6) is 0 Å². The number of piperazine rings is 1. The second-order valence-corrected chi connectivity index (χ2v) is 5.34. The molecule has 1 saturated heterocycles. The van der Waals surface area contributed by atoms with Crippen LogP contribution in [0, 0.1) is 0 Å². The highest BCUT2D eigenvalue weighted by Gasteiger charge is 2.16. The number of carbonyl (C=O) groups excluding carboxylic acids is 1. The lowest BCUT2D eigenvalue weighted by Gasteiger charge is -2.36. The summed E-state index contributed by atoms with van der Waals surface area (Å²) >= 11 is 0. The van der Waals surface area contributed by atoms with Crippen LogP contribution in [0.15, 0.2) is 54.6 Å². The molecule has 1 aliphatic rings. The molecule has 1 heterocycles. The standard InChI is InChI=1S/C18H25N3O/c1-2-3-5-10-18(22)19-11-12-20-13-15-21(16-14-20)17-8-6-4-7-9-17/h2-10H,11-16H2,1H3,(H,19,22)/b3-2+,10-5+. The molecule has 1 amide bonds. The molecule has 4 nitrogen and oxygen atoms in total. The molecule has 4 heteroatoms. The van der Waals surface area contributed by atoms with Crippen molar-refractivity contribution >= 4 is 11.6 Å². The van der Waals surface area contributed by atoms with Gasteiger partial charge in [0.05, 0.1) is 0 Å². The zero-order valence-corrected chi connectivity index (χ0v) is 13.2. The molecule has 1 N–H and O–H groups in total. The summed E-state index contributed by atoms with van der Waals surface area (Å²) in [7, 11) is 0. The minimum atomic E-state index is -0.0268. The van der Waals surface area contributed by atoms with Crippen molar-refractivity contribution in [3.8, 4) is 0 Å². The van der Waals surface area contributed by atoms with Crippen molar-refractivity contribution < 1.29 is 4.79 Å². The third kappa shape index (κ3) is 5.37. The van der Waals surface area contributed by atoms with E-state index in [-0.39, 0.29) is 5.91 Å². The maximum absolute atomic E-state index is 11.5. The van der Waals surface area contributed by atoms with Gasteiger partial charge in [-0.3, -0.25) is 9.69 Å². The van der Waals surface area contributed by atoms with Crippen LogP contribution in [-0.2, 0) is 4.79 Å². The fourth-order valence-electron chi connectivity index (χ4n) is 2.52. The van der Waals surface area contributed by atoms with E-state index in [2.05, 4.69) is 39.4 Å². The number of allylic oxidation sites excluding steroid dienone is 3. The van der Waals surface area contributed by atoms with Gasteiger partial charge in [0.15, 0.2) is 0 Å². The Balaban J connectivity index is 1.64. The summed E-state index contributed by atoms with van der Waals surface area (Å²) in [5, 5.41) is 2.92. The van der Waals surface area contributed by atoms with Crippen molar-refractivity contribution in [3.63, 3.8) is 0 Å². The van der Waals surface area contributed by atoms with Crippen LogP contribution in [0.3, 0.4) is 0 Å². The van der Waals surface area contributed by atoms with Crippen LogP contribution in [0.2, 0.25) is 0 Å². The van der Waals surface area contributed by atoms with E-state index in [4.69, 9.17) is 0 Å². The summed E-state index contributed by atoms with van der Waals surface area (Å²) in [4.78, 5) is 16.3. The number of para-hydroxylation sites is 1. The first-order chi connectivity index (χ1) is 10.8. The monoisotopic (exact) mass is 299 g/mol. The average molecular weight is 299 g/mol. The molecule has 0 radical (unpaired) electrons. The predicted molar refractivity (Wildman–Crippen MR) is 92.1 cm³/mol. The maximum Gasteiger partial charge on any atom is 0.244 e. The van der Waals surface area contributed by atoms with E-state index in [9.17, 15) is 4.79 Å². The molecule has 1 aliphatic heterocycles. The van der Waals surface area contributed by atoms with Gasteiger partial charge in [-0.25, -0.2) is 0 Å². The van der Waals surface area contributed by atoms with Gasteiger partial charge in [-0.05, 0) is 19.1 Å². The van der Waals surface area contributed by atoms with Gasteiger partial charge in [0, 0.05) is 51.0 Å². The highest BCUT2D eigenvalue weighted by molar-refractivity contribution is 5.87. The largest absolute Gasteiger partial charge is 0.369 e. The summed E-state index contributed by atoms with van der Waals surface area (Å²) in [6, 6.07) is 10.5. The smallest absolute Gasteiger partial charge is 0.244 e. The zero-order valence-electron chi connectivity index (χ0n) is 13.2. The van der Waals surface area contributed by atoms with Gasteiger partial charge >= 0.3 is 0 Å². The van der Waals surface area contributed by atoms with Crippen molar-refractivity contribution in [2.24, 2.45) is 0 Å². The topological polar surface area (TPSA) is 35.6 Å². The van der Waals surface area contributed by atoms with Gasteiger partial charge < -0.3 is 10.2 Å². The normalized spacial score (nSPS) is 16.5. The lowest BCUT2D eigenvalue weighted by molar-refractivity contribution is -0.116. The molecular formula is C18H25N3O. The predicted octanol–water partition coefficient (Wildman–Crippen LogP) is 2.06. The number of benzene rings is 1. The Labute approximate surface area is 133 Å². The number of amides is 1. The molecule has 118 valence electrons. The quantitative estimate of drug-likeness (QED) is 0.645. The van der Waals surface area contributed by atoms with Crippen LogP contribution < -0.4 is 10.2 Å². The molecule has 0 atom stereocenters. The summed E-state index contributed by atoms with van der Waals surface area (Å²) in [6.45, 7) is 7.70. The van der Waals surface area contributed by atoms with Gasteiger partial charge in [-0.15, -0.1) is 0 Å². The lowest BCUT2D eigenvalue weighted by Crippen LogP contribution is -2.48. The highest BCUT2D eigenvalue weighted by atomic mass is 16.1. The molecule has 0 aliphatic carbocycles. The van der Waals surface area contributed by atoms with Crippen LogP contribution in [0.4, 0.5) is 5.69 Å². The SMILES string of the molecule is C/C=C/C=C/C(=O)NCCN1CCN(c2ccccc2)CC1. The molecule has 0 unspecified atom stereocenters. The number of rotatable bonds is 6. The summed E-state index contributed by atoms with van der Waals surface area (Å²) < 4.78 is 0. The Kier molecular flexibility index (Phi) is 6.71. The second-order valence-electron chi connectivity index (χ2n) is 5.34. The number of nitrogens with zero attached hydrogens (tertiary/aromatic N) is 2.